The van der Waals surface area contributed by atoms with E-state index in [4.69, 9.17) is 9.84 Å². The quantitative estimate of drug-likeness (QED) is 0.364. The molecule has 0 aliphatic heterocycles. The first-order chi connectivity index (χ1) is 10.5. The van der Waals surface area contributed by atoms with Crippen molar-refractivity contribution in [1.82, 2.24) is 0 Å². The Morgan fingerprint density at radius 3 is 2.09 bits per heavy atom. The summed E-state index contributed by atoms with van der Waals surface area (Å²) in [4.78, 5) is 23.1. The predicted molar refractivity (Wildman–Crippen MR) is 88.8 cm³/mol. The van der Waals surface area contributed by atoms with Crippen LogP contribution in [0.4, 0.5) is 0 Å². The number of ether oxygens (including phenoxy) is 1. The summed E-state index contributed by atoms with van der Waals surface area (Å²) < 4.78 is 5.46. The third-order valence-corrected chi connectivity index (χ3v) is 4.05. The highest BCUT2D eigenvalue weighted by Gasteiger charge is 2.23. The van der Waals surface area contributed by atoms with Gasteiger partial charge in [0, 0.05) is 0 Å². The number of aliphatic carboxylic acids is 1. The fourth-order valence-corrected chi connectivity index (χ4v) is 2.52. The van der Waals surface area contributed by atoms with Crippen LogP contribution in [0.25, 0.3) is 0 Å². The maximum absolute atomic E-state index is 11.9. The van der Waals surface area contributed by atoms with E-state index in [0.717, 1.165) is 32.1 Å². The zero-order chi connectivity index (χ0) is 16.8. The monoisotopic (exact) mass is 314 g/mol. The summed E-state index contributed by atoms with van der Waals surface area (Å²) in [7, 11) is 0. The van der Waals surface area contributed by atoms with Gasteiger partial charge in [-0.15, -0.1) is 0 Å². The lowest BCUT2D eigenvalue weighted by molar-refractivity contribution is -0.155. The van der Waals surface area contributed by atoms with E-state index in [2.05, 4.69) is 6.92 Å². The highest BCUT2D eigenvalue weighted by molar-refractivity contribution is 5.78. The average molecular weight is 314 g/mol. The van der Waals surface area contributed by atoms with Crippen LogP contribution in [0.15, 0.2) is 0 Å². The molecule has 2 atom stereocenters. The molecule has 0 aromatic heterocycles. The number of rotatable bonds is 14. The zero-order valence-electron chi connectivity index (χ0n) is 14.6. The molecule has 0 spiro atoms. The van der Waals surface area contributed by atoms with Crippen LogP contribution >= 0.6 is 0 Å². The minimum atomic E-state index is -0.891. The summed E-state index contributed by atoms with van der Waals surface area (Å²) in [6.07, 6.45) is 9.91. The highest BCUT2D eigenvalue weighted by atomic mass is 16.5. The minimum Gasteiger partial charge on any atom is -0.481 e. The fourth-order valence-electron chi connectivity index (χ4n) is 2.52. The Morgan fingerprint density at radius 1 is 0.909 bits per heavy atom. The van der Waals surface area contributed by atoms with Crippen molar-refractivity contribution < 1.29 is 19.4 Å². The van der Waals surface area contributed by atoms with Crippen LogP contribution in [0.2, 0.25) is 0 Å². The predicted octanol–water partition coefficient (Wildman–Crippen LogP) is 4.95. The number of carbonyl (C=O) groups excluding carboxylic acids is 1. The van der Waals surface area contributed by atoms with Crippen LogP contribution in [-0.4, -0.2) is 23.1 Å². The van der Waals surface area contributed by atoms with Crippen molar-refractivity contribution >= 4 is 11.9 Å². The second-order valence-corrected chi connectivity index (χ2v) is 6.10. The number of hydrogen-bond donors (Lipinski definition) is 1. The molecular weight excluding hydrogens is 280 g/mol. The molecule has 0 aliphatic carbocycles. The zero-order valence-corrected chi connectivity index (χ0v) is 14.6. The van der Waals surface area contributed by atoms with Gasteiger partial charge in [0.05, 0.1) is 12.3 Å². The molecule has 0 fully saturated rings. The summed E-state index contributed by atoms with van der Waals surface area (Å²) in [5.41, 5.74) is 0. The molecule has 130 valence electrons. The van der Waals surface area contributed by atoms with Crippen molar-refractivity contribution in [1.29, 1.82) is 0 Å². The SMILES string of the molecule is CCCCCCCC(CC)OC(=O)CC(CCCC)C(=O)O. The Bertz CT molecular complexity index is 301. The Kier molecular flexibility index (Phi) is 12.9. The van der Waals surface area contributed by atoms with Crippen LogP contribution in [0.3, 0.4) is 0 Å². The molecule has 0 aromatic rings. The van der Waals surface area contributed by atoms with E-state index in [1.807, 2.05) is 13.8 Å². The summed E-state index contributed by atoms with van der Waals surface area (Å²) in [5.74, 6) is -1.85. The smallest absolute Gasteiger partial charge is 0.307 e. The first kappa shape index (κ1) is 20.9. The number of carboxylic acids is 1. The molecule has 0 amide bonds. The van der Waals surface area contributed by atoms with Gasteiger partial charge in [0.15, 0.2) is 0 Å². The number of carbonyl (C=O) groups is 2. The van der Waals surface area contributed by atoms with Gasteiger partial charge >= 0.3 is 11.9 Å². The summed E-state index contributed by atoms with van der Waals surface area (Å²) >= 11 is 0. The molecule has 2 unspecified atom stereocenters. The van der Waals surface area contributed by atoms with Crippen molar-refractivity contribution in [2.24, 2.45) is 5.92 Å². The lowest BCUT2D eigenvalue weighted by Gasteiger charge is -2.18. The second kappa shape index (κ2) is 13.6. The highest BCUT2D eigenvalue weighted by Crippen LogP contribution is 2.17. The van der Waals surface area contributed by atoms with Gasteiger partial charge < -0.3 is 9.84 Å². The maximum Gasteiger partial charge on any atom is 0.307 e. The Hall–Kier alpha value is -1.06. The van der Waals surface area contributed by atoms with Crippen LogP contribution in [0.5, 0.6) is 0 Å². The second-order valence-electron chi connectivity index (χ2n) is 6.10. The fraction of sp³-hybridized carbons (Fsp3) is 0.889. The molecule has 22 heavy (non-hydrogen) atoms. The molecule has 0 saturated heterocycles. The summed E-state index contributed by atoms with van der Waals surface area (Å²) in [6, 6.07) is 0. The summed E-state index contributed by atoms with van der Waals surface area (Å²) in [6.45, 7) is 6.21. The van der Waals surface area contributed by atoms with E-state index in [-0.39, 0.29) is 18.5 Å². The van der Waals surface area contributed by atoms with Gasteiger partial charge in [-0.05, 0) is 25.7 Å². The number of carboxylic acid groups (broad SMARTS) is 1. The minimum absolute atomic E-state index is 0.00165. The Labute approximate surface area is 135 Å². The molecule has 0 bridgehead atoms. The van der Waals surface area contributed by atoms with Crippen molar-refractivity contribution in [3.05, 3.63) is 0 Å². The van der Waals surface area contributed by atoms with Crippen molar-refractivity contribution in [3.63, 3.8) is 0 Å². The lowest BCUT2D eigenvalue weighted by atomic mass is 9.99. The van der Waals surface area contributed by atoms with Crippen molar-refractivity contribution in [2.75, 3.05) is 0 Å². The van der Waals surface area contributed by atoms with Gasteiger partial charge in [-0.2, -0.15) is 0 Å². The molecule has 0 saturated carbocycles. The first-order valence-corrected chi connectivity index (χ1v) is 8.97. The van der Waals surface area contributed by atoms with E-state index >= 15 is 0 Å². The van der Waals surface area contributed by atoms with Gasteiger partial charge in [0.2, 0.25) is 0 Å². The van der Waals surface area contributed by atoms with Gasteiger partial charge in [-0.25, -0.2) is 0 Å². The van der Waals surface area contributed by atoms with Crippen molar-refractivity contribution in [3.8, 4) is 0 Å². The van der Waals surface area contributed by atoms with Gasteiger partial charge in [0.1, 0.15) is 6.10 Å². The standard InChI is InChI=1S/C18H34O4/c1-4-7-9-10-11-13-16(6-3)22-17(19)14-15(18(20)21)12-8-5-2/h15-16H,4-14H2,1-3H3,(H,20,21). The van der Waals surface area contributed by atoms with E-state index in [9.17, 15) is 9.59 Å². The third-order valence-electron chi connectivity index (χ3n) is 4.05. The molecule has 0 heterocycles. The van der Waals surface area contributed by atoms with E-state index < -0.39 is 11.9 Å². The van der Waals surface area contributed by atoms with Crippen LogP contribution in [-0.2, 0) is 14.3 Å². The third kappa shape index (κ3) is 10.6. The molecule has 1 N–H and O–H groups in total. The molecule has 4 heteroatoms. The summed E-state index contributed by atoms with van der Waals surface area (Å²) in [5, 5.41) is 9.16. The first-order valence-electron chi connectivity index (χ1n) is 8.97. The van der Waals surface area contributed by atoms with Crippen LogP contribution in [0, 0.1) is 5.92 Å². The normalized spacial score (nSPS) is 13.6. The largest absolute Gasteiger partial charge is 0.481 e. The maximum atomic E-state index is 11.9. The Morgan fingerprint density at radius 2 is 1.55 bits per heavy atom. The molecule has 0 radical (unpaired) electrons. The van der Waals surface area contributed by atoms with Crippen LogP contribution < -0.4 is 0 Å². The number of hydrogen-bond acceptors (Lipinski definition) is 3. The van der Waals surface area contributed by atoms with Gasteiger partial charge in [0.25, 0.3) is 0 Å². The Balaban J connectivity index is 4.08. The molecule has 0 rings (SSSR count). The van der Waals surface area contributed by atoms with E-state index in [0.29, 0.717) is 6.42 Å². The number of esters is 1. The lowest BCUT2D eigenvalue weighted by Crippen LogP contribution is -2.23. The molecule has 0 aliphatic rings. The molecule has 0 aromatic carbocycles. The molecular formula is C18H34O4. The average Bonchev–Trinajstić information content (AvgIpc) is 2.49. The van der Waals surface area contributed by atoms with Crippen LogP contribution in [0.1, 0.15) is 91.4 Å². The van der Waals surface area contributed by atoms with E-state index in [1.165, 1.54) is 25.7 Å². The van der Waals surface area contributed by atoms with Crippen molar-refractivity contribution in [2.45, 2.75) is 97.5 Å². The van der Waals surface area contributed by atoms with Gasteiger partial charge in [-0.3, -0.25) is 9.59 Å². The number of unbranched alkanes of at least 4 members (excludes halogenated alkanes) is 5. The topological polar surface area (TPSA) is 63.6 Å². The van der Waals surface area contributed by atoms with Gasteiger partial charge in [-0.1, -0.05) is 59.3 Å². The van der Waals surface area contributed by atoms with E-state index in [1.54, 1.807) is 0 Å². The molecule has 4 nitrogen and oxygen atoms in total.